The third-order valence-corrected chi connectivity index (χ3v) is 2.62. The number of benzene rings is 2. The average molecular weight is 256 g/mol. The number of rotatable bonds is 5. The first kappa shape index (κ1) is 12.8. The molecule has 0 aliphatic rings. The van der Waals surface area contributed by atoms with Gasteiger partial charge in [-0.25, -0.2) is 4.79 Å². The van der Waals surface area contributed by atoms with Gasteiger partial charge in [0.15, 0.2) is 6.29 Å². The fourth-order valence-electron chi connectivity index (χ4n) is 1.63. The predicted octanol–water partition coefficient (Wildman–Crippen LogP) is 2.78. The number of ether oxygens (including phenoxy) is 1. The van der Waals surface area contributed by atoms with Crippen molar-refractivity contribution in [1.29, 1.82) is 0 Å². The van der Waals surface area contributed by atoms with E-state index in [2.05, 4.69) is 0 Å². The fraction of sp³-hybridized carbons (Fsp3) is 0.0667. The van der Waals surface area contributed by atoms with Crippen LogP contribution >= 0.6 is 0 Å². The van der Waals surface area contributed by atoms with Crippen molar-refractivity contribution in [3.63, 3.8) is 0 Å². The van der Waals surface area contributed by atoms with Gasteiger partial charge in [0.25, 0.3) is 0 Å². The van der Waals surface area contributed by atoms with Gasteiger partial charge in [0.05, 0.1) is 11.1 Å². The Balaban J connectivity index is 2.20. The zero-order valence-corrected chi connectivity index (χ0v) is 10.1. The number of aldehydes is 1. The Bertz CT molecular complexity index is 590. The van der Waals surface area contributed by atoms with Crippen LogP contribution in [0.3, 0.4) is 0 Å². The van der Waals surface area contributed by atoms with Crippen LogP contribution in [0.5, 0.6) is 5.75 Å². The molecule has 0 aliphatic heterocycles. The van der Waals surface area contributed by atoms with Gasteiger partial charge in [-0.1, -0.05) is 30.3 Å². The number of hydrogen-bond acceptors (Lipinski definition) is 3. The Morgan fingerprint density at radius 1 is 1.16 bits per heavy atom. The summed E-state index contributed by atoms with van der Waals surface area (Å²) in [6.07, 6.45) is 0.645. The molecule has 19 heavy (non-hydrogen) atoms. The molecule has 0 atom stereocenters. The number of carboxylic acids is 1. The first-order valence-corrected chi connectivity index (χ1v) is 5.70. The molecule has 0 fully saturated rings. The topological polar surface area (TPSA) is 63.6 Å². The molecule has 2 rings (SSSR count). The lowest BCUT2D eigenvalue weighted by molar-refractivity contribution is 0.0696. The van der Waals surface area contributed by atoms with Crippen molar-refractivity contribution < 1.29 is 19.4 Å². The third-order valence-electron chi connectivity index (χ3n) is 2.62. The van der Waals surface area contributed by atoms with Crippen molar-refractivity contribution in [1.82, 2.24) is 0 Å². The van der Waals surface area contributed by atoms with Gasteiger partial charge in [0, 0.05) is 0 Å². The highest BCUT2D eigenvalue weighted by atomic mass is 16.5. The van der Waals surface area contributed by atoms with Crippen molar-refractivity contribution in [2.24, 2.45) is 0 Å². The second-order valence-electron chi connectivity index (χ2n) is 3.95. The quantitative estimate of drug-likeness (QED) is 0.835. The SMILES string of the molecule is O=Cc1ccc(C(=O)O)cc1OCc1ccccc1. The molecule has 0 aromatic heterocycles. The minimum absolute atomic E-state index is 0.0914. The predicted molar refractivity (Wildman–Crippen MR) is 69.6 cm³/mol. The summed E-state index contributed by atoms with van der Waals surface area (Å²) in [4.78, 5) is 21.8. The molecule has 0 radical (unpaired) electrons. The Kier molecular flexibility index (Phi) is 3.93. The molecular weight excluding hydrogens is 244 g/mol. The second kappa shape index (κ2) is 5.82. The zero-order valence-electron chi connectivity index (χ0n) is 10.1. The Labute approximate surface area is 110 Å². The van der Waals surface area contributed by atoms with Crippen LogP contribution in [0.1, 0.15) is 26.3 Å². The van der Waals surface area contributed by atoms with Crippen LogP contribution in [0.2, 0.25) is 0 Å². The molecule has 2 aromatic rings. The lowest BCUT2D eigenvalue weighted by Crippen LogP contribution is -2.02. The number of hydrogen-bond donors (Lipinski definition) is 1. The maximum absolute atomic E-state index is 10.9. The number of aromatic carboxylic acids is 1. The summed E-state index contributed by atoms with van der Waals surface area (Å²) in [6.45, 7) is 0.282. The van der Waals surface area contributed by atoms with Crippen LogP contribution in [0.15, 0.2) is 48.5 Å². The van der Waals surface area contributed by atoms with E-state index in [9.17, 15) is 9.59 Å². The van der Waals surface area contributed by atoms with Crippen LogP contribution < -0.4 is 4.74 Å². The molecule has 0 saturated heterocycles. The first-order chi connectivity index (χ1) is 9.20. The van der Waals surface area contributed by atoms with Crippen molar-refractivity contribution in [3.8, 4) is 5.75 Å². The molecule has 96 valence electrons. The summed E-state index contributed by atoms with van der Waals surface area (Å²) >= 11 is 0. The van der Waals surface area contributed by atoms with E-state index in [1.807, 2.05) is 30.3 Å². The molecule has 0 spiro atoms. The van der Waals surface area contributed by atoms with Gasteiger partial charge in [-0.3, -0.25) is 4.79 Å². The minimum atomic E-state index is -1.05. The number of carbonyl (C=O) groups excluding carboxylic acids is 1. The van der Waals surface area contributed by atoms with Gasteiger partial charge in [-0.15, -0.1) is 0 Å². The second-order valence-corrected chi connectivity index (χ2v) is 3.95. The van der Waals surface area contributed by atoms with E-state index in [0.29, 0.717) is 11.8 Å². The molecule has 4 heteroatoms. The van der Waals surface area contributed by atoms with Gasteiger partial charge in [0.2, 0.25) is 0 Å². The van der Waals surface area contributed by atoms with Crippen LogP contribution in [-0.2, 0) is 6.61 Å². The van der Waals surface area contributed by atoms with E-state index in [-0.39, 0.29) is 17.9 Å². The largest absolute Gasteiger partial charge is 0.488 e. The summed E-state index contributed by atoms with van der Waals surface area (Å²) < 4.78 is 5.51. The number of carboxylic acid groups (broad SMARTS) is 1. The molecule has 0 saturated carbocycles. The molecule has 4 nitrogen and oxygen atoms in total. The summed E-state index contributed by atoms with van der Waals surface area (Å²) in [5, 5.41) is 8.91. The van der Waals surface area contributed by atoms with Crippen molar-refractivity contribution in [2.45, 2.75) is 6.61 Å². The lowest BCUT2D eigenvalue weighted by Gasteiger charge is -2.09. The van der Waals surface area contributed by atoms with Crippen LogP contribution in [0.25, 0.3) is 0 Å². The van der Waals surface area contributed by atoms with Gasteiger partial charge >= 0.3 is 5.97 Å². The van der Waals surface area contributed by atoms with E-state index >= 15 is 0 Å². The molecule has 0 unspecified atom stereocenters. The highest BCUT2D eigenvalue weighted by molar-refractivity contribution is 5.90. The van der Waals surface area contributed by atoms with Crippen LogP contribution in [-0.4, -0.2) is 17.4 Å². The molecule has 2 aromatic carbocycles. The minimum Gasteiger partial charge on any atom is -0.488 e. The van der Waals surface area contributed by atoms with E-state index in [4.69, 9.17) is 9.84 Å². The maximum atomic E-state index is 10.9. The molecule has 0 heterocycles. The van der Waals surface area contributed by atoms with E-state index in [1.165, 1.54) is 18.2 Å². The lowest BCUT2D eigenvalue weighted by atomic mass is 10.1. The number of carbonyl (C=O) groups is 2. The smallest absolute Gasteiger partial charge is 0.335 e. The van der Waals surface area contributed by atoms with Crippen LogP contribution in [0.4, 0.5) is 0 Å². The van der Waals surface area contributed by atoms with Crippen molar-refractivity contribution in [2.75, 3.05) is 0 Å². The van der Waals surface area contributed by atoms with E-state index in [0.717, 1.165) is 5.56 Å². The monoisotopic (exact) mass is 256 g/mol. The van der Waals surface area contributed by atoms with Gasteiger partial charge in [0.1, 0.15) is 12.4 Å². The zero-order chi connectivity index (χ0) is 13.7. The standard InChI is InChI=1S/C15H12O4/c16-9-13-7-6-12(15(17)18)8-14(13)19-10-11-4-2-1-3-5-11/h1-9H,10H2,(H,17,18). The fourth-order valence-corrected chi connectivity index (χ4v) is 1.63. The Hall–Kier alpha value is -2.62. The van der Waals surface area contributed by atoms with Gasteiger partial charge in [-0.05, 0) is 23.8 Å². The Morgan fingerprint density at radius 3 is 2.53 bits per heavy atom. The third kappa shape index (κ3) is 3.19. The molecule has 1 N–H and O–H groups in total. The maximum Gasteiger partial charge on any atom is 0.335 e. The van der Waals surface area contributed by atoms with Gasteiger partial charge in [-0.2, -0.15) is 0 Å². The van der Waals surface area contributed by atoms with Crippen LogP contribution in [0, 0.1) is 0 Å². The summed E-state index contributed by atoms with van der Waals surface area (Å²) in [7, 11) is 0. The molecule has 0 aliphatic carbocycles. The van der Waals surface area contributed by atoms with Crippen molar-refractivity contribution >= 4 is 12.3 Å². The molecule has 0 amide bonds. The Morgan fingerprint density at radius 2 is 1.89 bits per heavy atom. The van der Waals surface area contributed by atoms with E-state index < -0.39 is 5.97 Å². The van der Waals surface area contributed by atoms with Gasteiger partial charge < -0.3 is 9.84 Å². The summed E-state index contributed by atoms with van der Waals surface area (Å²) in [5.41, 5.74) is 1.37. The van der Waals surface area contributed by atoms with E-state index in [1.54, 1.807) is 0 Å². The van der Waals surface area contributed by atoms with Crippen molar-refractivity contribution in [3.05, 3.63) is 65.2 Å². The summed E-state index contributed by atoms with van der Waals surface area (Å²) in [6, 6.07) is 13.6. The summed E-state index contributed by atoms with van der Waals surface area (Å²) in [5.74, 6) is -0.777. The molecular formula is C15H12O4. The normalized spacial score (nSPS) is 9.89. The average Bonchev–Trinajstić information content (AvgIpc) is 2.45. The highest BCUT2D eigenvalue weighted by Gasteiger charge is 2.09. The molecule has 0 bridgehead atoms. The highest BCUT2D eigenvalue weighted by Crippen LogP contribution is 2.20. The first-order valence-electron chi connectivity index (χ1n) is 5.70.